The molecule has 0 aliphatic heterocycles. The highest BCUT2D eigenvalue weighted by Gasteiger charge is 2.25. The van der Waals surface area contributed by atoms with Crippen molar-refractivity contribution in [2.45, 2.75) is 66.8 Å². The first-order valence-electron chi connectivity index (χ1n) is 7.49. The summed E-state index contributed by atoms with van der Waals surface area (Å²) in [6.45, 7) is 16.2. The molecule has 0 radical (unpaired) electrons. The van der Waals surface area contributed by atoms with Crippen LogP contribution in [0.2, 0.25) is 0 Å². The maximum atomic E-state index is 4.55. The highest BCUT2D eigenvalue weighted by atomic mass is 15.2. The second-order valence-electron chi connectivity index (χ2n) is 7.39. The summed E-state index contributed by atoms with van der Waals surface area (Å²) in [7, 11) is 0. The Morgan fingerprint density at radius 1 is 1.10 bits per heavy atom. The fourth-order valence-corrected chi connectivity index (χ4v) is 2.67. The molecule has 0 fully saturated rings. The van der Waals surface area contributed by atoms with Crippen molar-refractivity contribution in [1.82, 2.24) is 9.97 Å². The molecule has 1 rings (SSSR count). The smallest absolute Gasteiger partial charge is 0.224 e. The molecule has 114 valence electrons. The molecule has 0 spiro atoms. The van der Waals surface area contributed by atoms with Crippen LogP contribution in [-0.2, 0) is 0 Å². The Balaban J connectivity index is 2.83. The summed E-state index contributed by atoms with van der Waals surface area (Å²) in [5.74, 6) is 1.60. The lowest BCUT2D eigenvalue weighted by molar-refractivity contribution is 0.302. The monoisotopic (exact) mass is 278 g/mol. The molecule has 1 aromatic heterocycles. The van der Waals surface area contributed by atoms with Crippen molar-refractivity contribution in [3.63, 3.8) is 0 Å². The van der Waals surface area contributed by atoms with Crippen molar-refractivity contribution in [2.24, 2.45) is 5.41 Å². The zero-order chi connectivity index (χ0) is 15.4. The molecule has 1 heterocycles. The third-order valence-corrected chi connectivity index (χ3v) is 2.83. The molecule has 2 N–H and O–H groups in total. The molecule has 0 saturated carbocycles. The molecule has 0 saturated heterocycles. The summed E-state index contributed by atoms with van der Waals surface area (Å²) in [5.41, 5.74) is 1.26. The highest BCUT2D eigenvalue weighted by Crippen LogP contribution is 2.29. The van der Waals surface area contributed by atoms with E-state index in [2.05, 4.69) is 62.1 Å². The van der Waals surface area contributed by atoms with Crippen LogP contribution in [0.3, 0.4) is 0 Å². The Morgan fingerprint density at radius 3 is 2.30 bits per heavy atom. The Kier molecular flexibility index (Phi) is 5.37. The second-order valence-corrected chi connectivity index (χ2v) is 7.39. The third kappa shape index (κ3) is 6.22. The zero-order valence-corrected chi connectivity index (χ0v) is 14.1. The quantitative estimate of drug-likeness (QED) is 0.817. The fraction of sp³-hybridized carbons (Fsp3) is 0.750. The van der Waals surface area contributed by atoms with E-state index in [1.165, 1.54) is 0 Å². The van der Waals surface area contributed by atoms with Crippen LogP contribution in [-0.4, -0.2) is 22.1 Å². The maximum Gasteiger partial charge on any atom is 0.224 e. The summed E-state index contributed by atoms with van der Waals surface area (Å²) in [5, 5.41) is 6.79. The van der Waals surface area contributed by atoms with Crippen LogP contribution >= 0.6 is 0 Å². The number of nitrogens with zero attached hydrogens (tertiary/aromatic N) is 2. The third-order valence-electron chi connectivity index (χ3n) is 2.83. The molecule has 0 atom stereocenters. The van der Waals surface area contributed by atoms with Crippen molar-refractivity contribution in [2.75, 3.05) is 17.2 Å². The number of hydrogen-bond acceptors (Lipinski definition) is 4. The van der Waals surface area contributed by atoms with Gasteiger partial charge in [-0.05, 0) is 39.0 Å². The predicted octanol–water partition coefficient (Wildman–Crippen LogP) is 4.23. The van der Waals surface area contributed by atoms with Gasteiger partial charge in [0, 0.05) is 23.8 Å². The van der Waals surface area contributed by atoms with Gasteiger partial charge >= 0.3 is 0 Å². The normalized spacial score (nSPS) is 12.3. The predicted molar refractivity (Wildman–Crippen MR) is 87.3 cm³/mol. The van der Waals surface area contributed by atoms with E-state index in [1.54, 1.807) is 0 Å². The number of rotatable bonds is 6. The summed E-state index contributed by atoms with van der Waals surface area (Å²) >= 11 is 0. The van der Waals surface area contributed by atoms with Crippen LogP contribution in [0, 0.1) is 12.3 Å². The lowest BCUT2D eigenvalue weighted by atomic mass is 9.82. The van der Waals surface area contributed by atoms with E-state index in [0.717, 1.165) is 30.9 Å². The first kappa shape index (κ1) is 16.7. The molecule has 1 aromatic rings. The minimum Gasteiger partial charge on any atom is -0.365 e. The minimum atomic E-state index is 0.00106. The molecular formula is C16H30N4. The second kappa shape index (κ2) is 6.42. The molecule has 4 heteroatoms. The van der Waals surface area contributed by atoms with E-state index < -0.39 is 0 Å². The Hall–Kier alpha value is -1.32. The lowest BCUT2D eigenvalue weighted by Crippen LogP contribution is -2.35. The van der Waals surface area contributed by atoms with Gasteiger partial charge in [-0.1, -0.05) is 27.7 Å². The van der Waals surface area contributed by atoms with E-state index in [-0.39, 0.29) is 11.0 Å². The van der Waals surface area contributed by atoms with Gasteiger partial charge in [-0.2, -0.15) is 4.98 Å². The Labute approximate surface area is 123 Å². The van der Waals surface area contributed by atoms with Crippen molar-refractivity contribution in [3.05, 3.63) is 11.8 Å². The van der Waals surface area contributed by atoms with Crippen molar-refractivity contribution >= 4 is 11.8 Å². The van der Waals surface area contributed by atoms with Gasteiger partial charge in [-0.3, -0.25) is 0 Å². The van der Waals surface area contributed by atoms with Gasteiger partial charge in [0.2, 0.25) is 5.95 Å². The van der Waals surface area contributed by atoms with Crippen molar-refractivity contribution < 1.29 is 0 Å². The first-order valence-corrected chi connectivity index (χ1v) is 7.49. The summed E-state index contributed by atoms with van der Waals surface area (Å²) < 4.78 is 0. The van der Waals surface area contributed by atoms with Crippen LogP contribution in [0.5, 0.6) is 0 Å². The number of aryl methyl sites for hydroxylation is 1. The molecule has 20 heavy (non-hydrogen) atoms. The van der Waals surface area contributed by atoms with Gasteiger partial charge in [0.15, 0.2) is 0 Å². The maximum absolute atomic E-state index is 4.55. The van der Waals surface area contributed by atoms with Gasteiger partial charge in [0.05, 0.1) is 0 Å². The molecule has 4 nitrogen and oxygen atoms in total. The molecule has 0 amide bonds. The van der Waals surface area contributed by atoms with Crippen LogP contribution in [0.4, 0.5) is 11.8 Å². The minimum absolute atomic E-state index is 0.00106. The van der Waals surface area contributed by atoms with Crippen LogP contribution < -0.4 is 10.6 Å². The molecule has 0 aromatic carbocycles. The van der Waals surface area contributed by atoms with E-state index in [1.807, 2.05) is 13.0 Å². The largest absolute Gasteiger partial charge is 0.365 e. The van der Waals surface area contributed by atoms with Crippen LogP contribution in [0.1, 0.15) is 60.1 Å². The molecule has 0 aliphatic carbocycles. The number of nitrogens with one attached hydrogen (secondary N) is 2. The van der Waals surface area contributed by atoms with Gasteiger partial charge in [0.1, 0.15) is 5.82 Å². The standard InChI is InChI=1S/C16H30N4/c1-8-9-17-14-18-12(2)10-13(19-14)20-16(6,7)11-15(3,4)5/h10H,8-9,11H2,1-7H3,(H2,17,18,19,20). The van der Waals surface area contributed by atoms with Crippen LogP contribution in [0.15, 0.2) is 6.07 Å². The first-order chi connectivity index (χ1) is 9.11. The van der Waals surface area contributed by atoms with E-state index in [0.29, 0.717) is 5.95 Å². The SMILES string of the molecule is CCCNc1nc(C)cc(NC(C)(C)CC(C)(C)C)n1. The number of anilines is 2. The average molecular weight is 278 g/mol. The molecule has 0 bridgehead atoms. The van der Waals surface area contributed by atoms with Gasteiger partial charge in [-0.25, -0.2) is 4.98 Å². The summed E-state index contributed by atoms with van der Waals surface area (Å²) in [4.78, 5) is 8.97. The molecular weight excluding hydrogens is 248 g/mol. The van der Waals surface area contributed by atoms with Gasteiger partial charge in [-0.15, -0.1) is 0 Å². The summed E-state index contributed by atoms with van der Waals surface area (Å²) in [6, 6.07) is 2.00. The highest BCUT2D eigenvalue weighted by molar-refractivity contribution is 5.43. The van der Waals surface area contributed by atoms with E-state index in [9.17, 15) is 0 Å². The fourth-order valence-electron chi connectivity index (χ4n) is 2.67. The van der Waals surface area contributed by atoms with Crippen LogP contribution in [0.25, 0.3) is 0 Å². The zero-order valence-electron chi connectivity index (χ0n) is 14.1. The van der Waals surface area contributed by atoms with E-state index >= 15 is 0 Å². The van der Waals surface area contributed by atoms with Gasteiger partial charge < -0.3 is 10.6 Å². The average Bonchev–Trinajstić information content (AvgIpc) is 2.21. The number of aromatic nitrogens is 2. The van der Waals surface area contributed by atoms with Crippen molar-refractivity contribution in [1.29, 1.82) is 0 Å². The summed E-state index contributed by atoms with van der Waals surface area (Å²) in [6.07, 6.45) is 2.14. The Morgan fingerprint density at radius 2 is 1.75 bits per heavy atom. The topological polar surface area (TPSA) is 49.8 Å². The van der Waals surface area contributed by atoms with Gasteiger partial charge in [0.25, 0.3) is 0 Å². The molecule has 0 unspecified atom stereocenters. The lowest BCUT2D eigenvalue weighted by Gasteiger charge is -2.33. The number of hydrogen-bond donors (Lipinski definition) is 2. The van der Waals surface area contributed by atoms with Crippen molar-refractivity contribution in [3.8, 4) is 0 Å². The molecule has 0 aliphatic rings. The van der Waals surface area contributed by atoms with E-state index in [4.69, 9.17) is 0 Å². The Bertz CT molecular complexity index is 433.